The minimum atomic E-state index is -4.45. The van der Waals surface area contributed by atoms with Crippen LogP contribution in [0.25, 0.3) is 0 Å². The van der Waals surface area contributed by atoms with Crippen LogP contribution in [0, 0.1) is 93.7 Å². The number of allylic oxidation sites excluding steroid dienone is 4. The largest absolute Gasteiger partial charge is 1.00 e. The summed E-state index contributed by atoms with van der Waals surface area (Å²) >= 11 is 0. The molecule has 8 unspecified atom stereocenters. The molecule has 10 saturated carbocycles. The Morgan fingerprint density at radius 1 is 0.571 bits per heavy atom. The number of aromatic nitrogens is 1. The van der Waals surface area contributed by atoms with Crippen molar-refractivity contribution in [2.24, 2.45) is 104 Å². The maximum atomic E-state index is 13.1. The van der Waals surface area contributed by atoms with Crippen molar-refractivity contribution in [2.75, 3.05) is 37.9 Å². The Morgan fingerprint density at radius 2 is 0.909 bits per heavy atom. The van der Waals surface area contributed by atoms with Crippen molar-refractivity contribution in [2.45, 2.75) is 130 Å². The molecule has 12 bridgehead atoms. The number of aliphatic imine (C=N–C) groups is 2. The van der Waals surface area contributed by atoms with Crippen molar-refractivity contribution in [3.63, 3.8) is 0 Å². The molecule has 13 rings (SSSR count). The van der Waals surface area contributed by atoms with Gasteiger partial charge in [0.15, 0.2) is 12.4 Å². The fourth-order valence-corrected chi connectivity index (χ4v) is 16.1. The molecule has 0 aromatic carbocycles. The van der Waals surface area contributed by atoms with E-state index in [2.05, 4.69) is 21.0 Å². The molecule has 422 valence electrons. The van der Waals surface area contributed by atoms with E-state index in [4.69, 9.17) is 19.3 Å². The topological polar surface area (TPSA) is 290 Å². The summed E-state index contributed by atoms with van der Waals surface area (Å²) in [5.41, 5.74) is 0.326. The maximum Gasteiger partial charge on any atom is 1.00 e. The van der Waals surface area contributed by atoms with Crippen LogP contribution in [0.5, 0.6) is 0 Å². The number of carbonyl (C=O) groups is 4. The number of nitrogens with zero attached hydrogens (tertiary/aromatic N) is 2. The van der Waals surface area contributed by atoms with Gasteiger partial charge in [-0.3, -0.25) is 19.2 Å². The molecule has 0 radical (unpaired) electrons. The average molecular weight is 1120 g/mol. The molecule has 1 aromatic rings. The summed E-state index contributed by atoms with van der Waals surface area (Å²) in [6.45, 7) is 7.92. The Balaban J connectivity index is 0.000000180. The smallest absolute Gasteiger partial charge is 0.748 e. The zero-order valence-electron chi connectivity index (χ0n) is 45.5. The number of pyridine rings is 1. The van der Waals surface area contributed by atoms with Gasteiger partial charge in [-0.25, -0.2) is 31.8 Å². The molecule has 12 aliphatic rings. The molecule has 0 saturated heterocycles. The molecule has 1 heterocycles. The average Bonchev–Trinajstić information content (AvgIpc) is 4.16. The molecular weight excluding hydrogens is 1040 g/mol. The van der Waals surface area contributed by atoms with Gasteiger partial charge >= 0.3 is 53.4 Å². The summed E-state index contributed by atoms with van der Waals surface area (Å²) in [7, 11) is -8.62. The molecule has 10 fully saturated rings. The van der Waals surface area contributed by atoms with Crippen molar-refractivity contribution >= 4 is 50.1 Å². The van der Waals surface area contributed by atoms with Crippen LogP contribution >= 0.6 is 0 Å². The van der Waals surface area contributed by atoms with Gasteiger partial charge in [0.05, 0.1) is 93.3 Å². The van der Waals surface area contributed by atoms with E-state index in [1.54, 1.807) is 0 Å². The normalized spacial score (nSPS) is 35.3. The summed E-state index contributed by atoms with van der Waals surface area (Å²) in [5, 5.41) is 17.3. The summed E-state index contributed by atoms with van der Waals surface area (Å²) in [6.07, 6.45) is 28.4. The van der Waals surface area contributed by atoms with Gasteiger partial charge in [0, 0.05) is 23.0 Å². The number of aliphatic hydroxyl groups excluding tert-OH is 1. The number of fused-ring (bicyclic) bond motifs is 4. The Morgan fingerprint density at radius 3 is 1.18 bits per heavy atom. The van der Waals surface area contributed by atoms with Gasteiger partial charge in [0.25, 0.3) is 0 Å². The molecular formula is C56H80N3NaO15S2. The van der Waals surface area contributed by atoms with Crippen molar-refractivity contribution in [3.8, 4) is 0 Å². The van der Waals surface area contributed by atoms with E-state index >= 15 is 0 Å². The Hall–Kier alpha value is -3.33. The maximum absolute atomic E-state index is 13.1. The fourth-order valence-electron chi connectivity index (χ4n) is 15.6. The van der Waals surface area contributed by atoms with E-state index in [9.17, 15) is 50.2 Å². The number of aliphatic carboxylic acids is 1. The fraction of sp³-hybridized carbons (Fsp3) is 0.750. The van der Waals surface area contributed by atoms with Crippen LogP contribution in [0.3, 0.4) is 0 Å². The van der Waals surface area contributed by atoms with Crippen molar-refractivity contribution < 1.29 is 104 Å². The van der Waals surface area contributed by atoms with Crippen LogP contribution < -0.4 is 34.5 Å². The molecule has 0 spiro atoms. The number of aliphatic hydroxyl groups is 1. The minimum Gasteiger partial charge on any atom is -0.748 e. The number of carboxylic acids is 1. The van der Waals surface area contributed by atoms with Gasteiger partial charge in [-0.15, -0.1) is 0 Å². The zero-order valence-corrected chi connectivity index (χ0v) is 49.1. The number of carboxylic acid groups (broad SMARTS) is 1. The SMILES string of the molecule is CC(C)N=C=NC(C)C.O=C(O)C1C2C=CC(C2)C1C(=O)OCC12CC3CC(CC(C3)C1)C2.O=C(OCCS(=O)(=O)[O-])C1C2C=CC(C2)C1C(=O)OCC12CC3CC(CC(C3)C1)C2.O=S(=O)([O-])CCO.[Na+].c1cc[nH+]cc1. The first-order valence-electron chi connectivity index (χ1n) is 27.6. The first-order valence-corrected chi connectivity index (χ1v) is 30.7. The first-order chi connectivity index (χ1) is 35.9. The number of hydrogen-bond acceptors (Lipinski definition) is 16. The van der Waals surface area contributed by atoms with Gasteiger partial charge < -0.3 is 33.5 Å². The number of ether oxygens (including phenoxy) is 3. The molecule has 18 nitrogen and oxygen atoms in total. The second-order valence-electron chi connectivity index (χ2n) is 24.4. The minimum absolute atomic E-state index is 0. The molecule has 77 heavy (non-hydrogen) atoms. The third-order valence-corrected chi connectivity index (χ3v) is 18.9. The van der Waals surface area contributed by atoms with Crippen LogP contribution in [-0.4, -0.2) is 116 Å². The summed E-state index contributed by atoms with van der Waals surface area (Å²) < 4.78 is 77.5. The number of carbonyl (C=O) groups excluding carboxylic acids is 3. The van der Waals surface area contributed by atoms with Crippen LogP contribution in [0.1, 0.15) is 118 Å². The molecule has 21 heteroatoms. The number of hydrogen-bond donors (Lipinski definition) is 2. The van der Waals surface area contributed by atoms with Crippen molar-refractivity contribution in [1.82, 2.24) is 0 Å². The van der Waals surface area contributed by atoms with E-state index in [1.165, 1.54) is 57.8 Å². The van der Waals surface area contributed by atoms with E-state index < -0.39 is 80.6 Å². The van der Waals surface area contributed by atoms with Crippen LogP contribution in [0.15, 0.2) is 64.9 Å². The standard InChI is InChI=1S/C22H30O7S.C20H26O4.C7H14N2.C5H5N.C2H6O4S.Na/c23-20(28-3-4-30(25,26)27)18-16-1-2-17(8-16)19(18)21(24)29-12-22-9-13-5-14(10-22)7-15(6-13)11-22;21-18(22)16-14-1-2-15(6-14)17(16)19(23)24-10-20-7-11-3-12(8-20)5-13(4-11)9-20;1-6(2)8-5-9-7(3)4;1-2-4-6-5-3-1;3-1-2-7(4,5)6;/h1-2,13-19H,3-12H2,(H,25,26,27);1-2,11-17H,3-10H2,(H,21,22);6-7H,1-4H3;1-5H;3H,1-2H2,(H,4,5,6);/q;;;;;+1/p-1. The first kappa shape index (κ1) is 62.9. The Labute approximate surface area is 477 Å². The molecule has 0 amide bonds. The predicted octanol–water partition coefficient (Wildman–Crippen LogP) is 3.55. The number of rotatable bonds is 15. The van der Waals surface area contributed by atoms with E-state index in [1.807, 2.05) is 82.6 Å². The van der Waals surface area contributed by atoms with Crippen LogP contribution in [0.4, 0.5) is 0 Å². The molecule has 12 aliphatic carbocycles. The monoisotopic (exact) mass is 1120 g/mol. The second-order valence-corrected chi connectivity index (χ2v) is 27.5. The van der Waals surface area contributed by atoms with Crippen molar-refractivity contribution in [3.05, 3.63) is 54.9 Å². The molecule has 3 N–H and O–H groups in total. The number of esters is 3. The zero-order chi connectivity index (χ0) is 55.0. The summed E-state index contributed by atoms with van der Waals surface area (Å²) in [4.78, 5) is 60.8. The number of nitrogens with one attached hydrogen (secondary N) is 1. The third-order valence-electron chi connectivity index (χ3n) is 17.5. The second kappa shape index (κ2) is 27.4. The number of H-pyrrole nitrogens is 1. The van der Waals surface area contributed by atoms with E-state index in [0.29, 0.717) is 31.7 Å². The van der Waals surface area contributed by atoms with Gasteiger partial charge in [-0.1, -0.05) is 30.4 Å². The van der Waals surface area contributed by atoms with Crippen molar-refractivity contribution in [1.29, 1.82) is 0 Å². The van der Waals surface area contributed by atoms with Crippen LogP contribution in [0.2, 0.25) is 0 Å². The molecule has 0 aliphatic heterocycles. The van der Waals surface area contributed by atoms with Gasteiger partial charge in [-0.2, -0.15) is 0 Å². The van der Waals surface area contributed by atoms with Gasteiger partial charge in [-0.05, 0) is 177 Å². The molecule has 1 aromatic heterocycles. The third kappa shape index (κ3) is 17.6. The Kier molecular flexibility index (Phi) is 22.4. The summed E-state index contributed by atoms with van der Waals surface area (Å²) in [6, 6.07) is 9.12. The Bertz CT molecular complexity index is 2420. The van der Waals surface area contributed by atoms with E-state index in [-0.39, 0.29) is 76.0 Å². The van der Waals surface area contributed by atoms with Crippen LogP contribution in [-0.2, 0) is 53.6 Å². The summed E-state index contributed by atoms with van der Waals surface area (Å²) in [5.74, 6) is -0.949. The number of aromatic amines is 1. The molecule has 8 atom stereocenters. The predicted molar refractivity (Wildman–Crippen MR) is 277 cm³/mol. The van der Waals surface area contributed by atoms with Gasteiger partial charge in [0.1, 0.15) is 6.61 Å². The van der Waals surface area contributed by atoms with Gasteiger partial charge in [0.2, 0.25) is 0 Å². The quantitative estimate of drug-likeness (QED) is 0.0634. The van der Waals surface area contributed by atoms with E-state index in [0.717, 1.165) is 61.2 Å².